The topological polar surface area (TPSA) is 66.4 Å². The van der Waals surface area contributed by atoms with Crippen molar-refractivity contribution in [3.63, 3.8) is 0 Å². The number of rotatable bonds is 5. The maximum atomic E-state index is 12.5. The molecule has 0 spiro atoms. The summed E-state index contributed by atoms with van der Waals surface area (Å²) in [6, 6.07) is 12.4. The second-order valence-electron chi connectivity index (χ2n) is 5.05. The Morgan fingerprint density at radius 3 is 2.57 bits per heavy atom. The SMILES string of the molecule is Cc1ccc(C)c(S(=O)(=O)Nc2cccc(CCO)c2)c1. The maximum Gasteiger partial charge on any atom is 0.262 e. The molecule has 2 aromatic rings. The van der Waals surface area contributed by atoms with Crippen molar-refractivity contribution in [1.82, 2.24) is 0 Å². The number of aliphatic hydroxyl groups is 1. The van der Waals surface area contributed by atoms with E-state index in [1.54, 1.807) is 37.3 Å². The molecule has 2 N–H and O–H groups in total. The molecule has 0 bridgehead atoms. The average molecular weight is 305 g/mol. The maximum absolute atomic E-state index is 12.5. The first-order valence-corrected chi connectivity index (χ1v) is 8.20. The Balaban J connectivity index is 2.33. The molecule has 0 atom stereocenters. The highest BCUT2D eigenvalue weighted by Crippen LogP contribution is 2.21. The van der Waals surface area contributed by atoms with Crippen molar-refractivity contribution in [2.75, 3.05) is 11.3 Å². The van der Waals surface area contributed by atoms with Crippen LogP contribution in [0.4, 0.5) is 5.69 Å². The van der Waals surface area contributed by atoms with Crippen molar-refractivity contribution in [2.24, 2.45) is 0 Å². The standard InChI is InChI=1S/C16H19NO3S/c1-12-6-7-13(2)16(10-12)21(19,20)17-15-5-3-4-14(11-15)8-9-18/h3-7,10-11,17-18H,8-9H2,1-2H3. The van der Waals surface area contributed by atoms with Gasteiger partial charge in [-0.25, -0.2) is 8.42 Å². The summed E-state index contributed by atoms with van der Waals surface area (Å²) in [5.74, 6) is 0. The lowest BCUT2D eigenvalue weighted by Crippen LogP contribution is -2.14. The van der Waals surface area contributed by atoms with Crippen molar-refractivity contribution in [3.8, 4) is 0 Å². The summed E-state index contributed by atoms with van der Waals surface area (Å²) < 4.78 is 27.6. The fourth-order valence-electron chi connectivity index (χ4n) is 2.13. The molecule has 0 fully saturated rings. The summed E-state index contributed by atoms with van der Waals surface area (Å²) in [7, 11) is -3.61. The van der Waals surface area contributed by atoms with Crippen molar-refractivity contribution in [2.45, 2.75) is 25.2 Å². The molecule has 0 heterocycles. The number of hydrogen-bond donors (Lipinski definition) is 2. The Kier molecular flexibility index (Phi) is 4.65. The van der Waals surface area contributed by atoms with Crippen LogP contribution in [-0.4, -0.2) is 20.1 Å². The molecule has 0 amide bonds. The minimum atomic E-state index is -3.61. The van der Waals surface area contributed by atoms with Gasteiger partial charge in [0.1, 0.15) is 0 Å². The van der Waals surface area contributed by atoms with Gasteiger partial charge in [0.25, 0.3) is 10.0 Å². The molecule has 21 heavy (non-hydrogen) atoms. The van der Waals surface area contributed by atoms with E-state index in [4.69, 9.17) is 5.11 Å². The first-order valence-electron chi connectivity index (χ1n) is 6.72. The summed E-state index contributed by atoms with van der Waals surface area (Å²) >= 11 is 0. The van der Waals surface area contributed by atoms with Crippen LogP contribution in [0.1, 0.15) is 16.7 Å². The monoisotopic (exact) mass is 305 g/mol. The fourth-order valence-corrected chi connectivity index (χ4v) is 3.51. The molecular formula is C16H19NO3S. The van der Waals surface area contributed by atoms with Crippen molar-refractivity contribution in [1.29, 1.82) is 0 Å². The molecule has 0 saturated heterocycles. The Hall–Kier alpha value is -1.85. The van der Waals surface area contributed by atoms with Crippen molar-refractivity contribution in [3.05, 3.63) is 59.2 Å². The molecule has 5 heteroatoms. The van der Waals surface area contributed by atoms with Crippen molar-refractivity contribution >= 4 is 15.7 Å². The van der Waals surface area contributed by atoms with Gasteiger partial charge in [-0.3, -0.25) is 4.72 Å². The second-order valence-corrected chi connectivity index (χ2v) is 6.70. The van der Waals surface area contributed by atoms with Gasteiger partial charge in [-0.2, -0.15) is 0 Å². The summed E-state index contributed by atoms with van der Waals surface area (Å²) in [6.45, 7) is 3.67. The van der Waals surface area contributed by atoms with Crippen LogP contribution in [0.15, 0.2) is 47.4 Å². The van der Waals surface area contributed by atoms with Gasteiger partial charge in [0.2, 0.25) is 0 Å². The molecular weight excluding hydrogens is 286 g/mol. The van der Waals surface area contributed by atoms with Crippen LogP contribution in [0.5, 0.6) is 0 Å². The number of anilines is 1. The molecule has 0 aliphatic rings. The molecule has 0 unspecified atom stereocenters. The lowest BCUT2D eigenvalue weighted by atomic mass is 10.1. The Morgan fingerprint density at radius 1 is 1.10 bits per heavy atom. The highest BCUT2D eigenvalue weighted by atomic mass is 32.2. The molecule has 0 saturated carbocycles. The van der Waals surface area contributed by atoms with E-state index >= 15 is 0 Å². The number of hydrogen-bond acceptors (Lipinski definition) is 3. The summed E-state index contributed by atoms with van der Waals surface area (Å²) in [6.07, 6.45) is 0.499. The zero-order chi connectivity index (χ0) is 15.5. The molecule has 4 nitrogen and oxygen atoms in total. The van der Waals surface area contributed by atoms with Gasteiger partial charge in [-0.1, -0.05) is 24.3 Å². The van der Waals surface area contributed by atoms with Crippen LogP contribution < -0.4 is 4.72 Å². The summed E-state index contributed by atoms with van der Waals surface area (Å²) in [5.41, 5.74) is 3.00. The predicted molar refractivity (Wildman–Crippen MR) is 84.0 cm³/mol. The third-order valence-electron chi connectivity index (χ3n) is 3.21. The van der Waals surface area contributed by atoms with Gasteiger partial charge in [-0.15, -0.1) is 0 Å². The number of sulfonamides is 1. The van der Waals surface area contributed by atoms with E-state index in [9.17, 15) is 8.42 Å². The number of aliphatic hydroxyl groups excluding tert-OH is 1. The zero-order valence-electron chi connectivity index (χ0n) is 12.1. The number of nitrogens with one attached hydrogen (secondary N) is 1. The van der Waals surface area contributed by atoms with Crippen molar-refractivity contribution < 1.29 is 13.5 Å². The zero-order valence-corrected chi connectivity index (χ0v) is 12.9. The fraction of sp³-hybridized carbons (Fsp3) is 0.250. The van der Waals surface area contributed by atoms with E-state index in [0.717, 1.165) is 11.1 Å². The van der Waals surface area contributed by atoms with E-state index < -0.39 is 10.0 Å². The first-order chi connectivity index (χ1) is 9.92. The number of benzene rings is 2. The average Bonchev–Trinajstić information content (AvgIpc) is 2.42. The van der Waals surface area contributed by atoms with Crippen LogP contribution in [0.3, 0.4) is 0 Å². The van der Waals surface area contributed by atoms with Gasteiger partial charge in [0.05, 0.1) is 4.90 Å². The minimum absolute atomic E-state index is 0.0349. The van der Waals surface area contributed by atoms with Crippen LogP contribution >= 0.6 is 0 Å². The van der Waals surface area contributed by atoms with Gasteiger partial charge in [-0.05, 0) is 55.2 Å². The lowest BCUT2D eigenvalue weighted by molar-refractivity contribution is 0.299. The smallest absolute Gasteiger partial charge is 0.262 e. The highest BCUT2D eigenvalue weighted by molar-refractivity contribution is 7.92. The van der Waals surface area contributed by atoms with Gasteiger partial charge in [0.15, 0.2) is 0 Å². The third kappa shape index (κ3) is 3.83. The largest absolute Gasteiger partial charge is 0.396 e. The molecule has 0 aliphatic heterocycles. The summed E-state index contributed by atoms with van der Waals surface area (Å²) in [4.78, 5) is 0.287. The Morgan fingerprint density at radius 2 is 1.86 bits per heavy atom. The molecule has 112 valence electrons. The molecule has 0 radical (unpaired) electrons. The molecule has 2 rings (SSSR count). The van der Waals surface area contributed by atoms with Crippen LogP contribution in [0, 0.1) is 13.8 Å². The van der Waals surface area contributed by atoms with Crippen LogP contribution in [0.2, 0.25) is 0 Å². The lowest BCUT2D eigenvalue weighted by Gasteiger charge is -2.12. The first kappa shape index (κ1) is 15.5. The molecule has 2 aromatic carbocycles. The highest BCUT2D eigenvalue weighted by Gasteiger charge is 2.17. The second kappa shape index (κ2) is 6.28. The van der Waals surface area contributed by atoms with Crippen LogP contribution in [-0.2, 0) is 16.4 Å². The molecule has 0 aliphatic carbocycles. The Bertz CT molecular complexity index is 739. The number of aryl methyl sites for hydroxylation is 2. The van der Waals surface area contributed by atoms with E-state index in [2.05, 4.69) is 4.72 Å². The summed E-state index contributed by atoms with van der Waals surface area (Å²) in [5, 5.41) is 8.95. The predicted octanol–water partition coefficient (Wildman–Crippen LogP) is 2.64. The normalized spacial score (nSPS) is 11.4. The van der Waals surface area contributed by atoms with E-state index in [0.29, 0.717) is 17.7 Å². The Labute approximate surface area is 125 Å². The quantitative estimate of drug-likeness (QED) is 0.892. The van der Waals surface area contributed by atoms with Crippen LogP contribution in [0.25, 0.3) is 0 Å². The van der Waals surface area contributed by atoms with E-state index in [-0.39, 0.29) is 11.5 Å². The van der Waals surface area contributed by atoms with E-state index in [1.165, 1.54) is 0 Å². The van der Waals surface area contributed by atoms with Gasteiger partial charge in [0, 0.05) is 12.3 Å². The minimum Gasteiger partial charge on any atom is -0.396 e. The van der Waals surface area contributed by atoms with Gasteiger partial charge >= 0.3 is 0 Å². The third-order valence-corrected chi connectivity index (χ3v) is 4.74. The van der Waals surface area contributed by atoms with Gasteiger partial charge < -0.3 is 5.11 Å². The van der Waals surface area contributed by atoms with E-state index in [1.807, 2.05) is 19.1 Å². The molecule has 0 aromatic heterocycles.